The highest BCUT2D eigenvalue weighted by Crippen LogP contribution is 2.44. The standard InChI is InChI=1S/C14H19FN2/c15-14(7-5-11(16)6-8-14)13-12-4-2-1-3-10(12)9-17-13/h1-4,11,13,17H,5-9,16H2. The maximum Gasteiger partial charge on any atom is 0.130 e. The SMILES string of the molecule is NC1CCC(F)(C2NCc3ccccc32)CC1. The molecular formula is C14H19FN2. The van der Waals surface area contributed by atoms with E-state index < -0.39 is 5.67 Å². The third-order valence-corrected chi connectivity index (χ3v) is 4.24. The van der Waals surface area contributed by atoms with Crippen LogP contribution in [-0.4, -0.2) is 11.7 Å². The van der Waals surface area contributed by atoms with E-state index in [0.29, 0.717) is 12.8 Å². The zero-order valence-corrected chi connectivity index (χ0v) is 9.95. The van der Waals surface area contributed by atoms with Gasteiger partial charge in [-0.2, -0.15) is 0 Å². The molecule has 1 fully saturated rings. The molecule has 0 saturated heterocycles. The van der Waals surface area contributed by atoms with E-state index in [0.717, 1.165) is 24.9 Å². The van der Waals surface area contributed by atoms with Crippen molar-refractivity contribution in [3.63, 3.8) is 0 Å². The van der Waals surface area contributed by atoms with Crippen molar-refractivity contribution in [1.29, 1.82) is 0 Å². The van der Waals surface area contributed by atoms with Crippen LogP contribution >= 0.6 is 0 Å². The smallest absolute Gasteiger partial charge is 0.130 e. The molecule has 0 radical (unpaired) electrons. The number of nitrogens with two attached hydrogens (primary N) is 1. The van der Waals surface area contributed by atoms with Crippen LogP contribution in [0, 0.1) is 0 Å². The lowest BCUT2D eigenvalue weighted by Gasteiger charge is -2.37. The van der Waals surface area contributed by atoms with Crippen LogP contribution in [0.1, 0.15) is 42.9 Å². The molecule has 1 atom stereocenters. The van der Waals surface area contributed by atoms with Crippen molar-refractivity contribution < 1.29 is 4.39 Å². The summed E-state index contributed by atoms with van der Waals surface area (Å²) in [6.07, 6.45) is 2.77. The average Bonchev–Trinajstić information content (AvgIpc) is 2.78. The van der Waals surface area contributed by atoms with Crippen LogP contribution in [0.2, 0.25) is 0 Å². The maximum atomic E-state index is 15.0. The third-order valence-electron chi connectivity index (χ3n) is 4.24. The van der Waals surface area contributed by atoms with Gasteiger partial charge in [0.1, 0.15) is 5.67 Å². The molecule has 2 nitrogen and oxygen atoms in total. The molecule has 1 aliphatic heterocycles. The Labute approximate surface area is 101 Å². The molecule has 1 heterocycles. The minimum atomic E-state index is -1.11. The van der Waals surface area contributed by atoms with Gasteiger partial charge in [-0.15, -0.1) is 0 Å². The lowest BCUT2D eigenvalue weighted by molar-refractivity contribution is 0.0574. The van der Waals surface area contributed by atoms with Crippen LogP contribution in [0.3, 0.4) is 0 Å². The molecule has 92 valence electrons. The van der Waals surface area contributed by atoms with E-state index in [4.69, 9.17) is 5.73 Å². The van der Waals surface area contributed by atoms with Gasteiger partial charge >= 0.3 is 0 Å². The molecule has 1 saturated carbocycles. The highest BCUT2D eigenvalue weighted by Gasteiger charge is 2.44. The van der Waals surface area contributed by atoms with Crippen LogP contribution in [0.4, 0.5) is 4.39 Å². The number of benzene rings is 1. The van der Waals surface area contributed by atoms with Gasteiger partial charge in [-0.05, 0) is 36.8 Å². The molecule has 0 aromatic heterocycles. The Balaban J connectivity index is 1.86. The number of hydrogen-bond acceptors (Lipinski definition) is 2. The Hall–Kier alpha value is -0.930. The summed E-state index contributed by atoms with van der Waals surface area (Å²) in [5.41, 5.74) is 7.14. The van der Waals surface area contributed by atoms with E-state index in [1.54, 1.807) is 0 Å². The van der Waals surface area contributed by atoms with E-state index in [2.05, 4.69) is 17.4 Å². The van der Waals surface area contributed by atoms with Gasteiger partial charge in [0.15, 0.2) is 0 Å². The first-order valence-corrected chi connectivity index (χ1v) is 6.45. The van der Waals surface area contributed by atoms with Crippen molar-refractivity contribution in [3.05, 3.63) is 35.4 Å². The molecule has 1 aliphatic carbocycles. The number of alkyl halides is 1. The van der Waals surface area contributed by atoms with Crippen molar-refractivity contribution in [2.24, 2.45) is 5.73 Å². The Kier molecular flexibility index (Phi) is 2.68. The van der Waals surface area contributed by atoms with Gasteiger partial charge in [0.05, 0.1) is 6.04 Å². The van der Waals surface area contributed by atoms with Gasteiger partial charge in [0.25, 0.3) is 0 Å². The van der Waals surface area contributed by atoms with Gasteiger partial charge < -0.3 is 11.1 Å². The van der Waals surface area contributed by atoms with Crippen LogP contribution in [0.5, 0.6) is 0 Å². The van der Waals surface area contributed by atoms with Crippen LogP contribution < -0.4 is 11.1 Å². The van der Waals surface area contributed by atoms with Crippen LogP contribution in [-0.2, 0) is 6.54 Å². The predicted molar refractivity (Wildman–Crippen MR) is 66.3 cm³/mol. The molecule has 3 rings (SSSR count). The molecular weight excluding hydrogens is 215 g/mol. The summed E-state index contributed by atoms with van der Waals surface area (Å²) in [4.78, 5) is 0. The van der Waals surface area contributed by atoms with Gasteiger partial charge in [0, 0.05) is 12.6 Å². The van der Waals surface area contributed by atoms with Crippen molar-refractivity contribution in [1.82, 2.24) is 5.32 Å². The van der Waals surface area contributed by atoms with Crippen molar-refractivity contribution in [2.45, 2.75) is 50.0 Å². The highest BCUT2D eigenvalue weighted by molar-refractivity contribution is 5.36. The topological polar surface area (TPSA) is 38.0 Å². The Morgan fingerprint density at radius 3 is 2.71 bits per heavy atom. The summed E-state index contributed by atoms with van der Waals surface area (Å²) in [5.74, 6) is 0. The molecule has 17 heavy (non-hydrogen) atoms. The summed E-state index contributed by atoms with van der Waals surface area (Å²) in [7, 11) is 0. The van der Waals surface area contributed by atoms with E-state index in [-0.39, 0.29) is 12.1 Å². The minimum Gasteiger partial charge on any atom is -0.328 e. The molecule has 1 aromatic rings. The third kappa shape index (κ3) is 1.87. The van der Waals surface area contributed by atoms with Gasteiger partial charge in [-0.3, -0.25) is 0 Å². The van der Waals surface area contributed by atoms with Crippen molar-refractivity contribution >= 4 is 0 Å². The Morgan fingerprint density at radius 1 is 1.24 bits per heavy atom. The molecule has 1 unspecified atom stereocenters. The predicted octanol–water partition coefficient (Wildman–Crippen LogP) is 2.44. The van der Waals surface area contributed by atoms with Gasteiger partial charge in [-0.25, -0.2) is 4.39 Å². The van der Waals surface area contributed by atoms with E-state index in [1.165, 1.54) is 5.56 Å². The van der Waals surface area contributed by atoms with Crippen LogP contribution in [0.25, 0.3) is 0 Å². The molecule has 1 aromatic carbocycles. The fourth-order valence-electron chi connectivity index (χ4n) is 3.17. The Morgan fingerprint density at radius 2 is 1.94 bits per heavy atom. The second-order valence-electron chi connectivity index (χ2n) is 5.38. The quantitative estimate of drug-likeness (QED) is 0.783. The van der Waals surface area contributed by atoms with E-state index in [9.17, 15) is 0 Å². The summed E-state index contributed by atoms with van der Waals surface area (Å²) < 4.78 is 15.0. The molecule has 3 heteroatoms. The molecule has 0 bridgehead atoms. The lowest BCUT2D eigenvalue weighted by Crippen LogP contribution is -2.43. The minimum absolute atomic E-state index is 0.133. The van der Waals surface area contributed by atoms with Crippen molar-refractivity contribution in [3.8, 4) is 0 Å². The first kappa shape index (κ1) is 11.2. The zero-order chi connectivity index (χ0) is 11.9. The first-order chi connectivity index (χ1) is 8.19. The second kappa shape index (κ2) is 4.07. The summed E-state index contributed by atoms with van der Waals surface area (Å²) in [6.45, 7) is 0.790. The second-order valence-corrected chi connectivity index (χ2v) is 5.38. The number of halogens is 1. The normalized spacial score (nSPS) is 36.8. The summed E-state index contributed by atoms with van der Waals surface area (Å²) in [5, 5.41) is 3.33. The number of rotatable bonds is 1. The summed E-state index contributed by atoms with van der Waals surface area (Å²) >= 11 is 0. The number of hydrogen-bond donors (Lipinski definition) is 2. The average molecular weight is 234 g/mol. The van der Waals surface area contributed by atoms with Crippen LogP contribution in [0.15, 0.2) is 24.3 Å². The van der Waals surface area contributed by atoms with E-state index in [1.807, 2.05) is 12.1 Å². The molecule has 0 amide bonds. The van der Waals surface area contributed by atoms with Gasteiger partial charge in [0.2, 0.25) is 0 Å². The number of fused-ring (bicyclic) bond motifs is 1. The number of nitrogens with one attached hydrogen (secondary N) is 1. The van der Waals surface area contributed by atoms with E-state index >= 15 is 4.39 Å². The molecule has 2 aliphatic rings. The fourth-order valence-corrected chi connectivity index (χ4v) is 3.17. The largest absolute Gasteiger partial charge is 0.328 e. The van der Waals surface area contributed by atoms with Crippen molar-refractivity contribution in [2.75, 3.05) is 0 Å². The molecule has 0 spiro atoms. The maximum absolute atomic E-state index is 15.0. The van der Waals surface area contributed by atoms with Gasteiger partial charge in [-0.1, -0.05) is 24.3 Å². The molecule has 3 N–H and O–H groups in total. The summed E-state index contributed by atoms with van der Waals surface area (Å²) in [6, 6.07) is 8.21. The fraction of sp³-hybridized carbons (Fsp3) is 0.571. The monoisotopic (exact) mass is 234 g/mol. The lowest BCUT2D eigenvalue weighted by atomic mass is 9.77. The Bertz CT molecular complexity index is 410. The zero-order valence-electron chi connectivity index (χ0n) is 9.95. The first-order valence-electron chi connectivity index (χ1n) is 6.45. The highest BCUT2D eigenvalue weighted by atomic mass is 19.1.